The van der Waals surface area contributed by atoms with Gasteiger partial charge in [-0.25, -0.2) is 4.98 Å². The monoisotopic (exact) mass is 403 g/mol. The van der Waals surface area contributed by atoms with Crippen LogP contribution in [0.2, 0.25) is 10.0 Å². The van der Waals surface area contributed by atoms with Gasteiger partial charge in [-0.05, 0) is 23.8 Å². The second-order valence-corrected chi connectivity index (χ2v) is 7.06. The van der Waals surface area contributed by atoms with Gasteiger partial charge in [0.15, 0.2) is 5.13 Å². The number of amides is 1. The number of benzene rings is 1. The van der Waals surface area contributed by atoms with E-state index in [0.717, 1.165) is 10.4 Å². The number of nitrogens with one attached hydrogen (secondary N) is 1. The summed E-state index contributed by atoms with van der Waals surface area (Å²) in [5.74, 6) is -0.127. The first-order chi connectivity index (χ1) is 12.6. The molecule has 0 saturated carbocycles. The molecular formula is C18H11Cl2N3O2S. The van der Waals surface area contributed by atoms with Gasteiger partial charge in [-0.3, -0.25) is 10.1 Å². The molecule has 8 heteroatoms. The highest BCUT2D eigenvalue weighted by atomic mass is 35.5. The molecule has 0 aliphatic heterocycles. The van der Waals surface area contributed by atoms with Crippen molar-refractivity contribution in [3.63, 3.8) is 0 Å². The van der Waals surface area contributed by atoms with Crippen LogP contribution in [0.15, 0.2) is 52.8 Å². The van der Waals surface area contributed by atoms with Gasteiger partial charge in [0.25, 0.3) is 5.91 Å². The fourth-order valence-electron chi connectivity index (χ4n) is 2.15. The molecule has 2 heterocycles. The first-order valence-corrected chi connectivity index (χ1v) is 8.98. The number of rotatable bonds is 5. The molecule has 2 aromatic heterocycles. The lowest BCUT2D eigenvalue weighted by molar-refractivity contribution is -0.112. The molecule has 0 fully saturated rings. The minimum atomic E-state index is -0.550. The van der Waals surface area contributed by atoms with E-state index in [9.17, 15) is 4.79 Å². The van der Waals surface area contributed by atoms with Gasteiger partial charge >= 0.3 is 0 Å². The maximum absolute atomic E-state index is 12.2. The van der Waals surface area contributed by atoms with Crippen LogP contribution < -0.4 is 5.32 Å². The second kappa shape index (κ2) is 8.19. The van der Waals surface area contributed by atoms with Crippen molar-refractivity contribution in [2.75, 3.05) is 5.32 Å². The Bertz CT molecular complexity index is 1000. The molecule has 130 valence electrons. The Morgan fingerprint density at radius 2 is 2.19 bits per heavy atom. The van der Waals surface area contributed by atoms with E-state index in [1.54, 1.807) is 24.4 Å². The standard InChI is InChI=1S/C18H11Cl2N3O2S/c19-15-5-1-3-11(16(15)20)8-14-10-22-18(26-14)23-17(24)12(9-21)7-13-4-2-6-25-13/h1-7,10H,8H2,(H,22,23,24). The summed E-state index contributed by atoms with van der Waals surface area (Å²) in [6, 6.07) is 10.6. The van der Waals surface area contributed by atoms with E-state index in [0.29, 0.717) is 27.4 Å². The number of anilines is 1. The van der Waals surface area contributed by atoms with Crippen LogP contribution in [0.1, 0.15) is 16.2 Å². The molecule has 0 aliphatic rings. The summed E-state index contributed by atoms with van der Waals surface area (Å²) in [7, 11) is 0. The van der Waals surface area contributed by atoms with Crippen LogP contribution in [0, 0.1) is 11.3 Å². The third kappa shape index (κ3) is 4.33. The molecule has 1 amide bonds. The molecule has 0 aliphatic carbocycles. The Kier molecular flexibility index (Phi) is 5.74. The summed E-state index contributed by atoms with van der Waals surface area (Å²) in [6.45, 7) is 0. The fourth-order valence-corrected chi connectivity index (χ4v) is 3.37. The number of hydrogen-bond donors (Lipinski definition) is 1. The lowest BCUT2D eigenvalue weighted by Crippen LogP contribution is -2.13. The van der Waals surface area contributed by atoms with Crippen LogP contribution in [-0.4, -0.2) is 10.9 Å². The molecule has 0 atom stereocenters. The molecule has 1 N–H and O–H groups in total. The number of thiazole rings is 1. The second-order valence-electron chi connectivity index (χ2n) is 5.16. The van der Waals surface area contributed by atoms with Crippen molar-refractivity contribution in [3.8, 4) is 6.07 Å². The van der Waals surface area contributed by atoms with Crippen LogP contribution in [0.3, 0.4) is 0 Å². The highest BCUT2D eigenvalue weighted by Gasteiger charge is 2.13. The van der Waals surface area contributed by atoms with E-state index in [1.807, 2.05) is 18.2 Å². The van der Waals surface area contributed by atoms with E-state index >= 15 is 0 Å². The number of furan rings is 1. The molecule has 0 saturated heterocycles. The van der Waals surface area contributed by atoms with Crippen molar-refractivity contribution >= 4 is 51.7 Å². The average molecular weight is 404 g/mol. The van der Waals surface area contributed by atoms with Crippen molar-refractivity contribution in [2.24, 2.45) is 0 Å². The Morgan fingerprint density at radius 1 is 1.35 bits per heavy atom. The first-order valence-electron chi connectivity index (χ1n) is 7.41. The smallest absolute Gasteiger partial charge is 0.268 e. The normalized spacial score (nSPS) is 11.2. The summed E-state index contributed by atoms with van der Waals surface area (Å²) in [5, 5.41) is 13.2. The fraction of sp³-hybridized carbons (Fsp3) is 0.0556. The third-order valence-electron chi connectivity index (χ3n) is 3.37. The van der Waals surface area contributed by atoms with Gasteiger partial charge in [-0.2, -0.15) is 5.26 Å². The molecule has 3 rings (SSSR count). The molecule has 3 aromatic rings. The van der Waals surface area contributed by atoms with Gasteiger partial charge in [0, 0.05) is 23.6 Å². The highest BCUT2D eigenvalue weighted by Crippen LogP contribution is 2.29. The summed E-state index contributed by atoms with van der Waals surface area (Å²) in [5.41, 5.74) is 0.797. The van der Waals surface area contributed by atoms with Crippen molar-refractivity contribution in [3.05, 3.63) is 74.6 Å². The average Bonchev–Trinajstić information content (AvgIpc) is 3.29. The minimum Gasteiger partial charge on any atom is -0.465 e. The van der Waals surface area contributed by atoms with E-state index < -0.39 is 5.91 Å². The Morgan fingerprint density at radius 3 is 2.92 bits per heavy atom. The molecule has 0 bridgehead atoms. The van der Waals surface area contributed by atoms with E-state index in [1.165, 1.54) is 23.7 Å². The van der Waals surface area contributed by atoms with Crippen LogP contribution >= 0.6 is 34.5 Å². The third-order valence-corrected chi connectivity index (χ3v) is 5.14. The predicted octanol–water partition coefficient (Wildman–Crippen LogP) is 5.18. The van der Waals surface area contributed by atoms with Crippen molar-refractivity contribution in [1.82, 2.24) is 4.98 Å². The van der Waals surface area contributed by atoms with Gasteiger partial charge in [0.1, 0.15) is 17.4 Å². The number of carbonyl (C=O) groups excluding carboxylic acids is 1. The Balaban J connectivity index is 1.71. The molecule has 26 heavy (non-hydrogen) atoms. The van der Waals surface area contributed by atoms with E-state index in [-0.39, 0.29) is 5.57 Å². The summed E-state index contributed by atoms with van der Waals surface area (Å²) >= 11 is 13.5. The number of aromatic nitrogens is 1. The minimum absolute atomic E-state index is 0.0745. The van der Waals surface area contributed by atoms with Gasteiger partial charge < -0.3 is 4.42 Å². The van der Waals surface area contributed by atoms with Crippen molar-refractivity contribution in [1.29, 1.82) is 5.26 Å². The maximum Gasteiger partial charge on any atom is 0.268 e. The lowest BCUT2D eigenvalue weighted by Gasteiger charge is -2.03. The molecule has 0 radical (unpaired) electrons. The van der Waals surface area contributed by atoms with Gasteiger partial charge in [-0.1, -0.05) is 35.3 Å². The molecular weight excluding hydrogens is 393 g/mol. The Labute approximate surface area is 163 Å². The predicted molar refractivity (Wildman–Crippen MR) is 102 cm³/mol. The zero-order valence-corrected chi connectivity index (χ0v) is 15.5. The van der Waals surface area contributed by atoms with Crippen LogP contribution in [-0.2, 0) is 11.2 Å². The number of halogens is 2. The van der Waals surface area contributed by atoms with Crippen LogP contribution in [0.25, 0.3) is 6.08 Å². The molecule has 0 spiro atoms. The molecule has 5 nitrogen and oxygen atoms in total. The maximum atomic E-state index is 12.2. The number of nitrogens with zero attached hydrogens (tertiary/aromatic N) is 2. The summed E-state index contributed by atoms with van der Waals surface area (Å²) < 4.78 is 5.11. The largest absolute Gasteiger partial charge is 0.465 e. The molecule has 1 aromatic carbocycles. The van der Waals surface area contributed by atoms with E-state index in [4.69, 9.17) is 32.9 Å². The Hall–Kier alpha value is -2.59. The topological polar surface area (TPSA) is 78.9 Å². The SMILES string of the molecule is N#CC(=Cc1ccco1)C(=O)Nc1ncc(Cc2cccc(Cl)c2Cl)s1. The number of hydrogen-bond acceptors (Lipinski definition) is 5. The van der Waals surface area contributed by atoms with Gasteiger partial charge in [0.05, 0.1) is 16.3 Å². The lowest BCUT2D eigenvalue weighted by atomic mass is 10.1. The zero-order valence-electron chi connectivity index (χ0n) is 13.2. The van der Waals surface area contributed by atoms with Gasteiger partial charge in [-0.15, -0.1) is 11.3 Å². The highest BCUT2D eigenvalue weighted by molar-refractivity contribution is 7.15. The van der Waals surface area contributed by atoms with Crippen LogP contribution in [0.4, 0.5) is 5.13 Å². The number of carbonyl (C=O) groups is 1. The van der Waals surface area contributed by atoms with E-state index in [2.05, 4.69) is 10.3 Å². The van der Waals surface area contributed by atoms with Crippen molar-refractivity contribution in [2.45, 2.75) is 6.42 Å². The van der Waals surface area contributed by atoms with Crippen molar-refractivity contribution < 1.29 is 9.21 Å². The zero-order chi connectivity index (χ0) is 18.5. The number of nitriles is 1. The summed E-state index contributed by atoms with van der Waals surface area (Å²) in [6.07, 6.45) is 5.03. The van der Waals surface area contributed by atoms with Crippen LogP contribution in [0.5, 0.6) is 0 Å². The van der Waals surface area contributed by atoms with Gasteiger partial charge in [0.2, 0.25) is 0 Å². The quantitative estimate of drug-likeness (QED) is 0.470. The summed E-state index contributed by atoms with van der Waals surface area (Å²) in [4.78, 5) is 17.3. The molecule has 0 unspecified atom stereocenters. The first kappa shape index (κ1) is 18.2.